The van der Waals surface area contributed by atoms with Crippen LogP contribution in [-0.4, -0.2) is 96.9 Å². The molecule has 4 fully saturated rings. The van der Waals surface area contributed by atoms with Crippen molar-refractivity contribution in [3.05, 3.63) is 39.5 Å². The minimum atomic E-state index is -2.52. The van der Waals surface area contributed by atoms with Gasteiger partial charge in [-0.2, -0.15) is 0 Å². The van der Waals surface area contributed by atoms with Crippen molar-refractivity contribution in [3.8, 4) is 10.6 Å². The van der Waals surface area contributed by atoms with Crippen LogP contribution in [-0.2, 0) is 9.59 Å². The number of hydrogen-bond donors (Lipinski definition) is 4. The van der Waals surface area contributed by atoms with Gasteiger partial charge in [0.2, 0.25) is 23.7 Å². The molecule has 2 saturated carbocycles. The Bertz CT molecular complexity index is 1830. The van der Waals surface area contributed by atoms with Crippen LogP contribution in [0.4, 0.5) is 41.1 Å². The van der Waals surface area contributed by atoms with Crippen molar-refractivity contribution in [1.29, 1.82) is 0 Å². The summed E-state index contributed by atoms with van der Waals surface area (Å²) in [5.74, 6) is -5.63. The van der Waals surface area contributed by atoms with E-state index in [2.05, 4.69) is 56.5 Å². The normalized spacial score (nSPS) is 23.0. The summed E-state index contributed by atoms with van der Waals surface area (Å²) in [5.41, 5.74) is 0.911. The van der Waals surface area contributed by atoms with Crippen molar-refractivity contribution in [2.45, 2.75) is 25.7 Å². The largest absolute Gasteiger partial charge is 0.491 e. The van der Waals surface area contributed by atoms with Crippen LogP contribution >= 0.6 is 38.6 Å². The number of carbonyl (C=O) groups is 2. The van der Waals surface area contributed by atoms with Crippen LogP contribution in [0.15, 0.2) is 39.5 Å². The van der Waals surface area contributed by atoms with Gasteiger partial charge in [-0.3, -0.25) is 9.59 Å². The molecule has 264 valence electrons. The molecule has 4 N–H and O–H groups in total. The predicted molar refractivity (Wildman–Crippen MR) is 182 cm³/mol. The fraction of sp³-hybridized carbons (Fsp3) is 0.429. The molecule has 50 heavy (non-hydrogen) atoms. The monoisotopic (exact) mass is 798 g/mol. The van der Waals surface area contributed by atoms with Gasteiger partial charge in [-0.05, 0) is 15.9 Å². The van der Waals surface area contributed by atoms with Gasteiger partial charge in [-0.15, -0.1) is 22.7 Å². The van der Waals surface area contributed by atoms with E-state index >= 15 is 0 Å². The Kier molecular flexibility index (Phi) is 10.1. The SMILES string of the molecule is CC(=O)Nc1csc(-c2cnc(N3CC4C(C3)C4(F)F)nc2)n1.CC(=O)Nc1csc(Br)n1.OB(O)c1cnc(N2CC3C(C2)C3(F)F)nc1. The Hall–Kier alpha value is -3.86. The molecule has 0 aromatic carbocycles. The summed E-state index contributed by atoms with van der Waals surface area (Å²) in [7, 11) is -1.61. The van der Waals surface area contributed by atoms with E-state index in [1.54, 1.807) is 33.0 Å². The summed E-state index contributed by atoms with van der Waals surface area (Å²) in [6, 6.07) is 0. The number of halogens is 5. The van der Waals surface area contributed by atoms with E-state index in [1.807, 2.05) is 0 Å². The first kappa shape index (κ1) is 36.0. The average Bonchev–Trinajstić information content (AvgIpc) is 3.62. The van der Waals surface area contributed by atoms with Crippen molar-refractivity contribution in [3.63, 3.8) is 0 Å². The number of carbonyl (C=O) groups excluding carboxylic acids is 2. The van der Waals surface area contributed by atoms with E-state index in [0.717, 1.165) is 9.48 Å². The first-order valence-corrected chi connectivity index (χ1v) is 17.6. The number of anilines is 4. The fourth-order valence-corrected chi connectivity index (χ4v) is 7.37. The fourth-order valence-electron chi connectivity index (χ4n) is 5.70. The van der Waals surface area contributed by atoms with Crippen molar-refractivity contribution >= 4 is 86.5 Å². The van der Waals surface area contributed by atoms with E-state index < -0.39 is 42.6 Å². The molecule has 2 aliphatic carbocycles. The topological polar surface area (TPSA) is 182 Å². The second-order valence-electron chi connectivity index (χ2n) is 11.9. The maximum atomic E-state index is 13.2. The van der Waals surface area contributed by atoms with Crippen molar-refractivity contribution in [1.82, 2.24) is 29.9 Å². The highest BCUT2D eigenvalue weighted by atomic mass is 79.9. The van der Waals surface area contributed by atoms with Crippen LogP contribution in [0.5, 0.6) is 0 Å². The van der Waals surface area contributed by atoms with Crippen LogP contribution < -0.4 is 25.9 Å². The molecule has 6 heterocycles. The summed E-state index contributed by atoms with van der Waals surface area (Å²) in [6.45, 7) is 4.01. The lowest BCUT2D eigenvalue weighted by atomic mass is 9.83. The lowest BCUT2D eigenvalue weighted by molar-refractivity contribution is -0.115. The van der Waals surface area contributed by atoms with Crippen molar-refractivity contribution < 1.29 is 37.2 Å². The van der Waals surface area contributed by atoms with Crippen LogP contribution in [0.2, 0.25) is 0 Å². The molecule has 0 bridgehead atoms. The van der Waals surface area contributed by atoms with Gasteiger partial charge in [0.1, 0.15) is 16.6 Å². The first-order valence-electron chi connectivity index (χ1n) is 15.0. The van der Waals surface area contributed by atoms with Gasteiger partial charge in [-0.1, -0.05) is 0 Å². The Morgan fingerprint density at radius 2 is 1.20 bits per heavy atom. The molecule has 8 rings (SSSR count). The zero-order valence-corrected chi connectivity index (χ0v) is 29.4. The Morgan fingerprint density at radius 3 is 1.60 bits per heavy atom. The summed E-state index contributed by atoms with van der Waals surface area (Å²) in [6.07, 6.45) is 5.83. The maximum Gasteiger partial charge on any atom is 0.491 e. The van der Waals surface area contributed by atoms with Gasteiger partial charge < -0.3 is 30.5 Å². The standard InChI is InChI=1S/C14H13F2N5OS.C9H10BF2N3O2.C5H5BrN2OS/c1-7(22)19-11-6-23-12(20-11)8-2-17-13(18-3-8)21-4-9-10(5-21)14(9,15)16;11-9(12)6-3-15(4-7(6)9)8-13-1-5(2-14-8)10(16)17;1-3(9)7-4-2-10-5(6)8-4/h2-3,6,9-10H,4-5H2,1H3,(H,19,22);1-2,6-7,16-17H,3-4H2;2H,1H3,(H,7,9). The quantitative estimate of drug-likeness (QED) is 0.166. The highest BCUT2D eigenvalue weighted by molar-refractivity contribution is 9.11. The maximum absolute atomic E-state index is 13.2. The molecule has 4 aromatic rings. The molecule has 4 aliphatic rings. The number of nitrogens with zero attached hydrogens (tertiary/aromatic N) is 8. The van der Waals surface area contributed by atoms with Crippen LogP contribution in [0.1, 0.15) is 13.8 Å². The van der Waals surface area contributed by atoms with Crippen molar-refractivity contribution in [2.24, 2.45) is 23.7 Å². The third-order valence-electron chi connectivity index (χ3n) is 8.39. The molecule has 0 spiro atoms. The average molecular weight is 799 g/mol. The Balaban J connectivity index is 0.000000141. The molecular weight excluding hydrogens is 771 g/mol. The third kappa shape index (κ3) is 7.88. The Morgan fingerprint density at radius 1 is 0.780 bits per heavy atom. The number of piperidine rings is 2. The van der Waals surface area contributed by atoms with E-state index in [1.165, 1.54) is 48.9 Å². The van der Waals surface area contributed by atoms with Crippen molar-refractivity contribution in [2.75, 3.05) is 46.6 Å². The van der Waals surface area contributed by atoms with Gasteiger partial charge in [0.05, 0.1) is 23.7 Å². The number of fused-ring (bicyclic) bond motifs is 2. The molecule has 4 atom stereocenters. The van der Waals surface area contributed by atoms with Gasteiger partial charge in [0.15, 0.2) is 3.92 Å². The summed E-state index contributed by atoms with van der Waals surface area (Å²) >= 11 is 5.99. The summed E-state index contributed by atoms with van der Waals surface area (Å²) < 4.78 is 53.1. The minimum absolute atomic E-state index is 0.0993. The lowest BCUT2D eigenvalue weighted by Crippen LogP contribution is -2.33. The van der Waals surface area contributed by atoms with Gasteiger partial charge in [-0.25, -0.2) is 47.5 Å². The molecule has 14 nitrogen and oxygen atoms in total. The number of rotatable bonds is 6. The second-order valence-corrected chi connectivity index (χ2v) is 14.9. The number of thiazole rings is 2. The van der Waals surface area contributed by atoms with E-state index in [-0.39, 0.29) is 30.4 Å². The highest BCUT2D eigenvalue weighted by Gasteiger charge is 2.72. The Labute approximate surface area is 298 Å². The smallest absolute Gasteiger partial charge is 0.423 e. The minimum Gasteiger partial charge on any atom is -0.423 e. The zero-order chi connectivity index (χ0) is 36.0. The molecule has 2 saturated heterocycles. The predicted octanol–water partition coefficient (Wildman–Crippen LogP) is 2.98. The summed E-state index contributed by atoms with van der Waals surface area (Å²) in [5, 5.41) is 27.1. The molecule has 4 aromatic heterocycles. The molecule has 2 aliphatic heterocycles. The summed E-state index contributed by atoms with van der Waals surface area (Å²) in [4.78, 5) is 49.6. The third-order valence-corrected chi connectivity index (χ3v) is 10.7. The zero-order valence-electron chi connectivity index (χ0n) is 26.2. The van der Waals surface area contributed by atoms with E-state index in [4.69, 9.17) is 10.0 Å². The van der Waals surface area contributed by atoms with Gasteiger partial charge in [0, 0.05) is 86.6 Å². The van der Waals surface area contributed by atoms with Crippen LogP contribution in [0.25, 0.3) is 10.6 Å². The number of amides is 2. The van der Waals surface area contributed by atoms with E-state index in [9.17, 15) is 27.2 Å². The second kappa shape index (κ2) is 14.0. The number of aromatic nitrogens is 6. The van der Waals surface area contributed by atoms with Crippen LogP contribution in [0.3, 0.4) is 0 Å². The number of nitrogens with one attached hydrogen (secondary N) is 2. The van der Waals surface area contributed by atoms with Crippen LogP contribution in [0, 0.1) is 23.7 Å². The highest BCUT2D eigenvalue weighted by Crippen LogP contribution is 2.60. The molecular formula is C28H28BBrF4N10O4S2. The molecule has 22 heteroatoms. The molecule has 2 amide bonds. The van der Waals surface area contributed by atoms with E-state index in [0.29, 0.717) is 41.6 Å². The lowest BCUT2D eigenvalue weighted by Gasteiger charge is -2.19. The molecule has 4 unspecified atom stereocenters. The van der Waals surface area contributed by atoms with Gasteiger partial charge in [0.25, 0.3) is 11.8 Å². The molecule has 0 radical (unpaired) electrons. The first-order chi connectivity index (χ1) is 23.6. The number of alkyl halides is 4. The van der Waals surface area contributed by atoms with Gasteiger partial charge >= 0.3 is 7.12 Å². The number of hydrogen-bond acceptors (Lipinski definition) is 14.